The molecule has 0 radical (unpaired) electrons. The molecule has 2 aromatic carbocycles. The van der Waals surface area contributed by atoms with Gasteiger partial charge in [0.05, 0.1) is 22.4 Å². The van der Waals surface area contributed by atoms with Crippen molar-refractivity contribution < 1.29 is 4.92 Å². The molecule has 0 saturated carbocycles. The van der Waals surface area contributed by atoms with Gasteiger partial charge in [-0.15, -0.1) is 11.3 Å². The molecule has 0 unspecified atom stereocenters. The zero-order valence-corrected chi connectivity index (χ0v) is 14.6. The minimum atomic E-state index is -0.434. The fourth-order valence-electron chi connectivity index (χ4n) is 2.00. The topological polar surface area (TPSA) is 80.4 Å². The van der Waals surface area contributed by atoms with Gasteiger partial charge >= 0.3 is 0 Å². The van der Waals surface area contributed by atoms with Crippen LogP contribution >= 0.6 is 27.3 Å². The summed E-state index contributed by atoms with van der Waals surface area (Å²) in [6, 6.07) is 14.3. The number of benzene rings is 2. The van der Waals surface area contributed by atoms with Gasteiger partial charge in [0.1, 0.15) is 0 Å². The summed E-state index contributed by atoms with van der Waals surface area (Å²) in [5.74, 6) is 0. The van der Waals surface area contributed by atoms with E-state index in [0.29, 0.717) is 10.7 Å². The molecule has 6 nitrogen and oxygen atoms in total. The van der Waals surface area contributed by atoms with Crippen molar-refractivity contribution in [2.75, 3.05) is 5.43 Å². The van der Waals surface area contributed by atoms with Crippen molar-refractivity contribution >= 4 is 44.3 Å². The van der Waals surface area contributed by atoms with E-state index in [1.807, 2.05) is 29.6 Å². The monoisotopic (exact) mass is 402 g/mol. The van der Waals surface area contributed by atoms with Gasteiger partial charge in [-0.05, 0) is 18.2 Å². The number of hydrogen-bond donors (Lipinski definition) is 1. The molecule has 1 heterocycles. The number of nitrogens with zero attached hydrogens (tertiary/aromatic N) is 3. The number of halogens is 1. The van der Waals surface area contributed by atoms with Gasteiger partial charge in [0.25, 0.3) is 5.69 Å². The highest BCUT2D eigenvalue weighted by Crippen LogP contribution is 2.26. The zero-order chi connectivity index (χ0) is 16.9. The van der Waals surface area contributed by atoms with Gasteiger partial charge in [0.2, 0.25) is 5.13 Å². The molecule has 24 heavy (non-hydrogen) atoms. The normalized spacial score (nSPS) is 10.9. The van der Waals surface area contributed by atoms with Crippen LogP contribution in [0.1, 0.15) is 5.56 Å². The number of nitro benzene ring substituents is 1. The SMILES string of the molecule is O=[N+]([O-])c1ccccc1/C=N/Nc1nc(-c2ccc(Br)cc2)cs1. The van der Waals surface area contributed by atoms with Gasteiger partial charge < -0.3 is 0 Å². The Morgan fingerprint density at radius 3 is 2.71 bits per heavy atom. The Kier molecular flexibility index (Phi) is 4.97. The Balaban J connectivity index is 1.72. The second-order valence-corrected chi connectivity index (χ2v) is 6.50. The maximum atomic E-state index is 10.9. The van der Waals surface area contributed by atoms with Crippen LogP contribution in [0.25, 0.3) is 11.3 Å². The molecule has 1 aromatic heterocycles. The predicted molar refractivity (Wildman–Crippen MR) is 99.6 cm³/mol. The van der Waals surface area contributed by atoms with Crippen LogP contribution in [-0.2, 0) is 0 Å². The standard InChI is InChI=1S/C16H11BrN4O2S/c17-13-7-5-11(6-8-13)14-10-24-16(19-14)20-18-9-12-3-1-2-4-15(12)21(22)23/h1-10H,(H,19,20)/b18-9+. The summed E-state index contributed by atoms with van der Waals surface area (Å²) in [5.41, 5.74) is 5.10. The molecule has 3 aromatic rings. The van der Waals surface area contributed by atoms with Crippen molar-refractivity contribution in [2.45, 2.75) is 0 Å². The number of nitro groups is 1. The van der Waals surface area contributed by atoms with Crippen molar-refractivity contribution in [3.8, 4) is 11.3 Å². The van der Waals surface area contributed by atoms with Crippen LogP contribution in [0, 0.1) is 10.1 Å². The average molecular weight is 403 g/mol. The van der Waals surface area contributed by atoms with E-state index in [9.17, 15) is 10.1 Å². The summed E-state index contributed by atoms with van der Waals surface area (Å²) >= 11 is 4.81. The number of nitrogens with one attached hydrogen (secondary N) is 1. The largest absolute Gasteiger partial charge is 0.278 e. The van der Waals surface area contributed by atoms with Gasteiger partial charge in [-0.25, -0.2) is 4.98 Å². The van der Waals surface area contributed by atoms with E-state index in [1.54, 1.807) is 18.2 Å². The fourth-order valence-corrected chi connectivity index (χ4v) is 2.93. The lowest BCUT2D eigenvalue weighted by atomic mass is 10.2. The number of rotatable bonds is 5. The second-order valence-electron chi connectivity index (χ2n) is 4.73. The molecule has 0 aliphatic rings. The number of hydrazone groups is 1. The van der Waals surface area contributed by atoms with E-state index in [4.69, 9.17) is 0 Å². The van der Waals surface area contributed by atoms with Crippen molar-refractivity contribution in [3.63, 3.8) is 0 Å². The molecule has 0 spiro atoms. The lowest BCUT2D eigenvalue weighted by Gasteiger charge is -1.97. The molecule has 0 aliphatic carbocycles. The van der Waals surface area contributed by atoms with Crippen molar-refractivity contribution in [3.05, 3.63) is 74.1 Å². The third kappa shape index (κ3) is 3.84. The smallest absolute Gasteiger partial charge is 0.258 e. The van der Waals surface area contributed by atoms with Crippen molar-refractivity contribution in [1.82, 2.24) is 4.98 Å². The predicted octanol–water partition coefficient (Wildman–Crippen LogP) is 4.93. The molecule has 3 rings (SSSR count). The molecule has 0 amide bonds. The van der Waals surface area contributed by atoms with Crippen molar-refractivity contribution in [2.24, 2.45) is 5.10 Å². The summed E-state index contributed by atoms with van der Waals surface area (Å²) in [6.45, 7) is 0. The van der Waals surface area contributed by atoms with Gasteiger partial charge in [-0.3, -0.25) is 15.5 Å². The van der Waals surface area contributed by atoms with Crippen LogP contribution in [0.5, 0.6) is 0 Å². The van der Waals surface area contributed by atoms with Gasteiger partial charge in [0.15, 0.2) is 0 Å². The van der Waals surface area contributed by atoms with Crippen LogP contribution in [0.3, 0.4) is 0 Å². The molecule has 0 saturated heterocycles. The molecule has 0 aliphatic heterocycles. The first kappa shape index (κ1) is 16.3. The highest BCUT2D eigenvalue weighted by Gasteiger charge is 2.10. The minimum Gasteiger partial charge on any atom is -0.258 e. The Hall–Kier alpha value is -2.58. The summed E-state index contributed by atoms with van der Waals surface area (Å²) < 4.78 is 1.01. The van der Waals surface area contributed by atoms with Crippen LogP contribution in [0.4, 0.5) is 10.8 Å². The third-order valence-electron chi connectivity index (χ3n) is 3.14. The highest BCUT2D eigenvalue weighted by atomic mass is 79.9. The molecular weight excluding hydrogens is 392 g/mol. The summed E-state index contributed by atoms with van der Waals surface area (Å²) in [4.78, 5) is 15.0. The maximum Gasteiger partial charge on any atom is 0.278 e. The van der Waals surface area contributed by atoms with Crippen molar-refractivity contribution in [1.29, 1.82) is 0 Å². The maximum absolute atomic E-state index is 10.9. The third-order valence-corrected chi connectivity index (χ3v) is 4.42. The second kappa shape index (κ2) is 7.33. The van der Waals surface area contributed by atoms with E-state index in [1.165, 1.54) is 23.6 Å². The van der Waals surface area contributed by atoms with E-state index in [2.05, 4.69) is 31.4 Å². The molecule has 120 valence electrons. The molecule has 0 bridgehead atoms. The first-order chi connectivity index (χ1) is 11.6. The number of thiazole rings is 1. The van der Waals surface area contributed by atoms with Crippen LogP contribution in [0.2, 0.25) is 0 Å². The Bertz CT molecular complexity index is 893. The molecule has 1 N–H and O–H groups in total. The molecular formula is C16H11BrN4O2S. The van der Waals surface area contributed by atoms with Crippen LogP contribution in [-0.4, -0.2) is 16.1 Å². The fraction of sp³-hybridized carbons (Fsp3) is 0. The molecule has 0 fully saturated rings. The highest BCUT2D eigenvalue weighted by molar-refractivity contribution is 9.10. The molecule has 8 heteroatoms. The lowest BCUT2D eigenvalue weighted by Crippen LogP contribution is -1.96. The Labute approximate surface area is 150 Å². The van der Waals surface area contributed by atoms with Crippen LogP contribution < -0.4 is 5.43 Å². The van der Waals surface area contributed by atoms with E-state index in [-0.39, 0.29) is 5.69 Å². The quantitative estimate of drug-likeness (QED) is 0.372. The summed E-state index contributed by atoms with van der Waals surface area (Å²) in [7, 11) is 0. The van der Waals surface area contributed by atoms with Crippen LogP contribution in [0.15, 0.2) is 63.5 Å². The molecule has 0 atom stereocenters. The number of hydrogen-bond acceptors (Lipinski definition) is 6. The summed E-state index contributed by atoms with van der Waals surface area (Å²) in [6.07, 6.45) is 1.42. The lowest BCUT2D eigenvalue weighted by molar-refractivity contribution is -0.385. The van der Waals surface area contributed by atoms with Gasteiger partial charge in [-0.2, -0.15) is 5.10 Å². The number of anilines is 1. The van der Waals surface area contributed by atoms with Gasteiger partial charge in [-0.1, -0.05) is 40.2 Å². The Morgan fingerprint density at radius 2 is 1.96 bits per heavy atom. The first-order valence-corrected chi connectivity index (χ1v) is 8.55. The van der Waals surface area contributed by atoms with E-state index in [0.717, 1.165) is 15.7 Å². The minimum absolute atomic E-state index is 0.0118. The van der Waals surface area contributed by atoms with E-state index < -0.39 is 4.92 Å². The van der Waals surface area contributed by atoms with Gasteiger partial charge in [0, 0.05) is 21.5 Å². The Morgan fingerprint density at radius 1 is 1.21 bits per heavy atom. The first-order valence-electron chi connectivity index (χ1n) is 6.87. The van der Waals surface area contributed by atoms with E-state index >= 15 is 0 Å². The summed E-state index contributed by atoms with van der Waals surface area (Å²) in [5, 5.41) is 17.5. The zero-order valence-electron chi connectivity index (χ0n) is 12.2. The number of para-hydroxylation sites is 1. The average Bonchev–Trinajstić information content (AvgIpc) is 3.05. The number of aromatic nitrogens is 1.